The number of pyridine rings is 1. The molecular weight excluding hydrogens is 576 g/mol. The Morgan fingerprint density at radius 3 is 1.60 bits per heavy atom. The van der Waals surface area contributed by atoms with Gasteiger partial charge in [0.2, 0.25) is 0 Å². The van der Waals surface area contributed by atoms with Crippen LogP contribution in [-0.4, -0.2) is 56.0 Å². The van der Waals surface area contributed by atoms with Crippen molar-refractivity contribution >= 4 is 23.8 Å². The number of rotatable bonds is 2. The van der Waals surface area contributed by atoms with Gasteiger partial charge in [-0.15, -0.1) is 0 Å². The summed E-state index contributed by atoms with van der Waals surface area (Å²) in [6.45, 7) is 6.90. The molecule has 0 unspecified atom stereocenters. The van der Waals surface area contributed by atoms with Gasteiger partial charge in [-0.2, -0.15) is 5.10 Å². The molecule has 4 bridgehead atoms. The molecule has 12 nitrogen and oxygen atoms in total. The van der Waals surface area contributed by atoms with Gasteiger partial charge < -0.3 is 20.1 Å². The third-order valence-corrected chi connectivity index (χ3v) is 7.33. The van der Waals surface area contributed by atoms with Gasteiger partial charge in [0.25, 0.3) is 11.8 Å². The molecule has 0 aliphatic carbocycles. The van der Waals surface area contributed by atoms with E-state index < -0.39 is 35.8 Å². The monoisotopic (exact) mass is 610 g/mol. The predicted molar refractivity (Wildman–Crippen MR) is 163 cm³/mol. The lowest BCUT2D eigenvalue weighted by Gasteiger charge is -2.22. The van der Waals surface area contributed by atoms with E-state index in [0.29, 0.717) is 22.5 Å². The Hall–Kier alpha value is -5.39. The zero-order valence-corrected chi connectivity index (χ0v) is 25.4. The first-order valence-corrected chi connectivity index (χ1v) is 14.6. The summed E-state index contributed by atoms with van der Waals surface area (Å²) in [6, 6.07) is 16.7. The number of hydrogen-bond donors (Lipinski definition) is 3. The van der Waals surface area contributed by atoms with Crippen molar-refractivity contribution in [3.8, 4) is 22.8 Å². The summed E-state index contributed by atoms with van der Waals surface area (Å²) in [4.78, 5) is 62.4. The third kappa shape index (κ3) is 7.06. The maximum atomic E-state index is 13.5. The molecule has 4 aromatic rings. The number of carbonyl (C=O) groups excluding carboxylic acids is 4. The van der Waals surface area contributed by atoms with E-state index in [9.17, 15) is 19.2 Å². The fraction of sp³-hybridized carbons (Fsp3) is 0.303. The number of nitrogens with zero attached hydrogens (tertiary/aromatic N) is 3. The van der Waals surface area contributed by atoms with Gasteiger partial charge in [0.05, 0.1) is 22.5 Å². The van der Waals surface area contributed by atoms with E-state index in [2.05, 4.69) is 30.8 Å². The molecule has 2 aromatic carbocycles. The number of ether oxygens (including phenoxy) is 2. The van der Waals surface area contributed by atoms with Crippen molar-refractivity contribution in [2.45, 2.75) is 53.0 Å². The quantitative estimate of drug-likeness (QED) is 0.286. The molecular formula is C33H34N6O6. The van der Waals surface area contributed by atoms with Crippen LogP contribution in [0.1, 0.15) is 59.8 Å². The second kappa shape index (κ2) is 13.5. The fourth-order valence-electron chi connectivity index (χ4n) is 4.86. The van der Waals surface area contributed by atoms with Gasteiger partial charge in [0.15, 0.2) is 11.6 Å². The van der Waals surface area contributed by atoms with Gasteiger partial charge in [-0.1, -0.05) is 70.2 Å². The number of hydrogen-bond acceptors (Lipinski definition) is 9. The van der Waals surface area contributed by atoms with Crippen LogP contribution in [0.15, 0.2) is 66.7 Å². The van der Waals surface area contributed by atoms with E-state index in [1.165, 1.54) is 0 Å². The number of H-pyrrole nitrogens is 1. The van der Waals surface area contributed by atoms with E-state index in [-0.39, 0.29) is 47.8 Å². The summed E-state index contributed by atoms with van der Waals surface area (Å²) in [6.07, 6.45) is 0. The van der Waals surface area contributed by atoms with Crippen molar-refractivity contribution in [3.63, 3.8) is 0 Å². The van der Waals surface area contributed by atoms with E-state index in [1.54, 1.807) is 94.4 Å². The smallest absolute Gasteiger partial charge is 0.329 e. The minimum Gasteiger partial charge on any atom is -0.458 e. The van der Waals surface area contributed by atoms with E-state index in [1.807, 2.05) is 0 Å². The lowest BCUT2D eigenvalue weighted by Crippen LogP contribution is -2.45. The van der Waals surface area contributed by atoms with Crippen LogP contribution < -0.4 is 10.6 Å². The average Bonchev–Trinajstić information content (AvgIpc) is 3.53. The van der Waals surface area contributed by atoms with Crippen molar-refractivity contribution in [2.24, 2.45) is 11.8 Å². The lowest BCUT2D eigenvalue weighted by molar-refractivity contribution is -0.149. The normalized spacial score (nSPS) is 18.0. The van der Waals surface area contributed by atoms with Gasteiger partial charge in [-0.3, -0.25) is 19.7 Å². The van der Waals surface area contributed by atoms with Gasteiger partial charge in [0, 0.05) is 11.1 Å². The Bertz CT molecular complexity index is 1610. The molecule has 5 rings (SSSR count). The molecule has 3 heterocycles. The Labute approximate surface area is 260 Å². The standard InChI is InChI=1S/C33H34N6O6/c1-18(2)26-32(42)44-16-20-10-9-11-21(34-20)17-45-33(43)27(19(3)4)36-31(41)25-15-8-6-13-23(25)29-37-28(38-39-29)22-12-5-7-14-24(22)30(40)35-26/h5-15,18-19,26-27H,16-17H2,1-4H3,(H,35,40)(H,36,41)(H,37,38,39)/t26-,27-/m0/s1. The second-order valence-corrected chi connectivity index (χ2v) is 11.3. The summed E-state index contributed by atoms with van der Waals surface area (Å²) in [5, 5.41) is 12.8. The molecule has 12 heteroatoms. The van der Waals surface area contributed by atoms with Gasteiger partial charge >= 0.3 is 11.9 Å². The summed E-state index contributed by atoms with van der Waals surface area (Å²) in [5.74, 6) is -2.32. The number of amides is 2. The first-order valence-electron chi connectivity index (χ1n) is 14.6. The Balaban J connectivity index is 1.56. The summed E-state index contributed by atoms with van der Waals surface area (Å²) >= 11 is 0. The van der Waals surface area contributed by atoms with Crippen LogP contribution >= 0.6 is 0 Å². The molecule has 2 amide bonds. The largest absolute Gasteiger partial charge is 0.458 e. The molecule has 0 radical (unpaired) electrons. The Morgan fingerprint density at radius 1 is 0.622 bits per heavy atom. The highest BCUT2D eigenvalue weighted by atomic mass is 16.5. The predicted octanol–water partition coefficient (Wildman–Crippen LogP) is 3.84. The molecule has 1 aliphatic rings. The van der Waals surface area contributed by atoms with Gasteiger partial charge in [0.1, 0.15) is 25.3 Å². The van der Waals surface area contributed by atoms with Crippen LogP contribution in [0.4, 0.5) is 0 Å². The summed E-state index contributed by atoms with van der Waals surface area (Å²) in [7, 11) is 0. The first kappa shape index (κ1) is 31.0. The van der Waals surface area contributed by atoms with Crippen LogP contribution in [0.25, 0.3) is 22.8 Å². The molecule has 0 saturated carbocycles. The Morgan fingerprint density at radius 2 is 1.09 bits per heavy atom. The SMILES string of the molecule is CC(C)[C@@H]1NC(=O)c2ccccc2-c2n[nH]c(n2)-c2ccccc2C(=O)N[C@@H](C(C)C)C(=O)OCc2cccc(n2)COC1=O. The number of carbonyl (C=O) groups is 4. The first-order chi connectivity index (χ1) is 21.6. The number of aromatic nitrogens is 4. The zero-order chi connectivity index (χ0) is 32.1. The summed E-state index contributed by atoms with van der Waals surface area (Å²) < 4.78 is 11.1. The molecule has 0 saturated heterocycles. The van der Waals surface area contributed by atoms with Crippen molar-refractivity contribution in [1.82, 2.24) is 30.8 Å². The topological polar surface area (TPSA) is 165 Å². The highest BCUT2D eigenvalue weighted by Gasteiger charge is 2.30. The highest BCUT2D eigenvalue weighted by molar-refractivity contribution is 6.03. The van der Waals surface area contributed by atoms with Crippen LogP contribution in [0.2, 0.25) is 0 Å². The van der Waals surface area contributed by atoms with Crippen LogP contribution in [0.3, 0.4) is 0 Å². The van der Waals surface area contributed by atoms with Gasteiger partial charge in [-0.25, -0.2) is 14.6 Å². The van der Waals surface area contributed by atoms with Crippen molar-refractivity contribution in [3.05, 3.63) is 89.2 Å². The van der Waals surface area contributed by atoms with Crippen LogP contribution in [0, 0.1) is 11.8 Å². The number of benzene rings is 2. The molecule has 45 heavy (non-hydrogen) atoms. The molecule has 0 spiro atoms. The minimum absolute atomic E-state index is 0.152. The number of aromatic amines is 1. The van der Waals surface area contributed by atoms with E-state index >= 15 is 0 Å². The molecule has 1 aliphatic heterocycles. The number of fused-ring (bicyclic) bond motifs is 8. The fourth-order valence-corrected chi connectivity index (χ4v) is 4.86. The van der Waals surface area contributed by atoms with E-state index in [0.717, 1.165) is 0 Å². The molecule has 0 fully saturated rings. The number of esters is 2. The van der Waals surface area contributed by atoms with Gasteiger partial charge in [-0.05, 0) is 36.1 Å². The maximum Gasteiger partial charge on any atom is 0.329 e. The van der Waals surface area contributed by atoms with Crippen LogP contribution in [0.5, 0.6) is 0 Å². The molecule has 2 aromatic heterocycles. The average molecular weight is 611 g/mol. The summed E-state index contributed by atoms with van der Waals surface area (Å²) in [5.41, 5.74) is 2.24. The molecule has 2 atom stereocenters. The third-order valence-electron chi connectivity index (χ3n) is 7.33. The zero-order valence-electron chi connectivity index (χ0n) is 25.4. The molecule has 232 valence electrons. The Kier molecular flexibility index (Phi) is 9.31. The van der Waals surface area contributed by atoms with E-state index in [4.69, 9.17) is 9.47 Å². The van der Waals surface area contributed by atoms with Crippen molar-refractivity contribution in [2.75, 3.05) is 0 Å². The lowest BCUT2D eigenvalue weighted by atomic mass is 10.0. The maximum absolute atomic E-state index is 13.5. The number of cyclic esters (lactones) is 2. The van der Waals surface area contributed by atoms with Crippen molar-refractivity contribution in [1.29, 1.82) is 0 Å². The van der Waals surface area contributed by atoms with Crippen LogP contribution in [-0.2, 0) is 32.3 Å². The molecule has 3 N–H and O–H groups in total. The second-order valence-electron chi connectivity index (χ2n) is 11.3. The van der Waals surface area contributed by atoms with Crippen molar-refractivity contribution < 1.29 is 28.7 Å². The minimum atomic E-state index is -0.950. The number of nitrogens with one attached hydrogen (secondary N) is 3. The highest BCUT2D eigenvalue weighted by Crippen LogP contribution is 2.26.